The second kappa shape index (κ2) is 4.13. The van der Waals surface area contributed by atoms with Gasteiger partial charge in [-0.25, -0.2) is 0 Å². The van der Waals surface area contributed by atoms with Crippen LogP contribution in [-0.4, -0.2) is 0 Å². The number of ether oxygens (including phenoxy) is 2. The van der Waals surface area contributed by atoms with Gasteiger partial charge < -0.3 is 9.47 Å². The van der Waals surface area contributed by atoms with Crippen molar-refractivity contribution in [1.82, 2.24) is 0 Å². The molecule has 0 atom stereocenters. The summed E-state index contributed by atoms with van der Waals surface area (Å²) in [5, 5.41) is 0. The van der Waals surface area contributed by atoms with Gasteiger partial charge in [0.25, 0.3) is 0 Å². The zero-order valence-electron chi connectivity index (χ0n) is 9.95. The lowest BCUT2D eigenvalue weighted by atomic mass is 10.1. The van der Waals surface area contributed by atoms with E-state index in [1.54, 1.807) is 0 Å². The van der Waals surface area contributed by atoms with E-state index in [2.05, 4.69) is 9.47 Å². The molecule has 0 aromatic heterocycles. The van der Waals surface area contributed by atoms with Crippen LogP contribution in [0.2, 0.25) is 0 Å². The molecule has 0 spiro atoms. The van der Waals surface area contributed by atoms with E-state index in [0.29, 0.717) is 0 Å². The van der Waals surface area contributed by atoms with Crippen LogP contribution in [0.15, 0.2) is 48.5 Å². The van der Waals surface area contributed by atoms with Crippen molar-refractivity contribution in [1.29, 1.82) is 0 Å². The number of alkyl halides is 4. The van der Waals surface area contributed by atoms with Crippen molar-refractivity contribution in [3.8, 4) is 11.5 Å². The summed E-state index contributed by atoms with van der Waals surface area (Å²) < 4.78 is 65.1. The molecule has 6 heteroatoms. The first kappa shape index (κ1) is 12.8. The van der Waals surface area contributed by atoms with Crippen LogP contribution >= 0.6 is 0 Å². The van der Waals surface area contributed by atoms with Crippen LogP contribution in [0, 0.1) is 0 Å². The lowest BCUT2D eigenvalue weighted by Gasteiger charge is -2.29. The molecule has 1 aliphatic heterocycles. The van der Waals surface area contributed by atoms with Crippen molar-refractivity contribution in [2.75, 3.05) is 0 Å². The summed E-state index contributed by atoms with van der Waals surface area (Å²) in [6.45, 7) is 0. The first-order valence-corrected chi connectivity index (χ1v) is 5.73. The average molecular weight is 284 g/mol. The average Bonchev–Trinajstić information content (AvgIpc) is 2.37. The van der Waals surface area contributed by atoms with Crippen LogP contribution < -0.4 is 9.47 Å². The smallest absolute Gasteiger partial charge is 0.428 e. The standard InChI is InChI=1S/C14H8F4O2/c15-13(16)9-5-1-3-7-11(9)19-14(17,18)10-6-2-4-8-12(10)20-13/h1-8H. The lowest BCUT2D eigenvalue weighted by molar-refractivity contribution is -0.220. The fourth-order valence-corrected chi connectivity index (χ4v) is 1.98. The van der Waals surface area contributed by atoms with Gasteiger partial charge in [0.2, 0.25) is 0 Å². The quantitative estimate of drug-likeness (QED) is 0.673. The molecule has 1 heterocycles. The van der Waals surface area contributed by atoms with Crippen LogP contribution in [0.1, 0.15) is 11.1 Å². The molecule has 0 N–H and O–H groups in total. The van der Waals surface area contributed by atoms with Crippen LogP contribution in [0.5, 0.6) is 11.5 Å². The molecule has 0 unspecified atom stereocenters. The lowest BCUT2D eigenvalue weighted by Crippen LogP contribution is -2.31. The van der Waals surface area contributed by atoms with E-state index in [-0.39, 0.29) is 0 Å². The van der Waals surface area contributed by atoms with Gasteiger partial charge in [-0.15, -0.1) is 0 Å². The maximum atomic E-state index is 14.0. The summed E-state index contributed by atoms with van der Waals surface area (Å²) >= 11 is 0. The Hall–Kier alpha value is -2.24. The minimum atomic E-state index is -3.76. The predicted octanol–water partition coefficient (Wildman–Crippen LogP) is 4.26. The second-order valence-electron chi connectivity index (χ2n) is 4.23. The summed E-state index contributed by atoms with van der Waals surface area (Å²) in [5.74, 6) is -1.23. The monoisotopic (exact) mass is 284 g/mol. The predicted molar refractivity (Wildman–Crippen MR) is 61.9 cm³/mol. The topological polar surface area (TPSA) is 18.5 Å². The first-order chi connectivity index (χ1) is 9.40. The molecular weight excluding hydrogens is 276 g/mol. The normalized spacial score (nSPS) is 18.6. The number of hydrogen-bond acceptors (Lipinski definition) is 2. The van der Waals surface area contributed by atoms with Crippen molar-refractivity contribution < 1.29 is 27.0 Å². The molecular formula is C14H8F4O2. The highest BCUT2D eigenvalue weighted by Gasteiger charge is 2.47. The Morgan fingerprint density at radius 2 is 0.950 bits per heavy atom. The highest BCUT2D eigenvalue weighted by atomic mass is 19.3. The van der Waals surface area contributed by atoms with Gasteiger partial charge >= 0.3 is 12.2 Å². The summed E-state index contributed by atoms with van der Waals surface area (Å²) in [4.78, 5) is 0. The third-order valence-corrected chi connectivity index (χ3v) is 2.88. The molecule has 0 saturated heterocycles. The third-order valence-electron chi connectivity index (χ3n) is 2.88. The van der Waals surface area contributed by atoms with Gasteiger partial charge in [0, 0.05) is 0 Å². The number of rotatable bonds is 0. The highest BCUT2D eigenvalue weighted by molar-refractivity contribution is 5.42. The van der Waals surface area contributed by atoms with E-state index < -0.39 is 34.8 Å². The molecule has 0 fully saturated rings. The molecule has 0 aliphatic carbocycles. The van der Waals surface area contributed by atoms with E-state index in [9.17, 15) is 17.6 Å². The number of halogens is 4. The fourth-order valence-electron chi connectivity index (χ4n) is 1.98. The molecule has 2 aromatic carbocycles. The van der Waals surface area contributed by atoms with Crippen LogP contribution in [0.3, 0.4) is 0 Å². The molecule has 0 saturated carbocycles. The molecule has 20 heavy (non-hydrogen) atoms. The van der Waals surface area contributed by atoms with Crippen LogP contribution in [0.4, 0.5) is 17.6 Å². The zero-order chi connectivity index (χ0) is 14.4. The Bertz CT molecular complexity index is 598. The van der Waals surface area contributed by atoms with E-state index in [0.717, 1.165) is 24.3 Å². The van der Waals surface area contributed by atoms with Crippen LogP contribution in [0.25, 0.3) is 0 Å². The fraction of sp³-hybridized carbons (Fsp3) is 0.143. The minimum absolute atomic E-state index is 0.614. The van der Waals surface area contributed by atoms with Gasteiger partial charge in [-0.05, 0) is 24.3 Å². The van der Waals surface area contributed by atoms with E-state index in [1.165, 1.54) is 24.3 Å². The Morgan fingerprint density at radius 3 is 1.35 bits per heavy atom. The minimum Gasteiger partial charge on any atom is -0.428 e. The Morgan fingerprint density at radius 1 is 0.600 bits per heavy atom. The molecule has 2 aromatic rings. The largest absolute Gasteiger partial charge is 0.430 e. The van der Waals surface area contributed by atoms with Crippen molar-refractivity contribution in [2.45, 2.75) is 12.2 Å². The highest BCUT2D eigenvalue weighted by Crippen LogP contribution is 2.46. The van der Waals surface area contributed by atoms with E-state index >= 15 is 0 Å². The van der Waals surface area contributed by atoms with Gasteiger partial charge in [-0.3, -0.25) is 0 Å². The second-order valence-corrected chi connectivity index (χ2v) is 4.23. The molecule has 0 bridgehead atoms. The Balaban J connectivity index is 2.22. The number of fused-ring (bicyclic) bond motifs is 2. The Kier molecular flexibility index (Phi) is 2.64. The molecule has 104 valence electrons. The summed E-state index contributed by atoms with van der Waals surface area (Å²) in [6, 6.07) is 9.33. The molecule has 3 rings (SSSR count). The van der Waals surface area contributed by atoms with Crippen molar-refractivity contribution >= 4 is 0 Å². The SMILES string of the molecule is FC1(F)Oc2ccccc2C(F)(F)Oc2ccccc21. The van der Waals surface area contributed by atoms with Crippen molar-refractivity contribution in [3.63, 3.8) is 0 Å². The van der Waals surface area contributed by atoms with E-state index in [1.807, 2.05) is 0 Å². The maximum Gasteiger partial charge on any atom is 0.430 e. The molecule has 0 radical (unpaired) electrons. The van der Waals surface area contributed by atoms with Gasteiger partial charge in [-0.2, -0.15) is 17.6 Å². The summed E-state index contributed by atoms with van der Waals surface area (Å²) in [7, 11) is 0. The summed E-state index contributed by atoms with van der Waals surface area (Å²) in [6.07, 6.45) is -7.52. The Labute approximate surface area is 111 Å². The van der Waals surface area contributed by atoms with Crippen molar-refractivity contribution in [3.05, 3.63) is 59.7 Å². The molecule has 2 nitrogen and oxygen atoms in total. The molecule has 1 aliphatic rings. The third kappa shape index (κ3) is 1.97. The van der Waals surface area contributed by atoms with E-state index in [4.69, 9.17) is 0 Å². The van der Waals surface area contributed by atoms with Gasteiger partial charge in [0.1, 0.15) is 22.6 Å². The number of hydrogen-bond donors (Lipinski definition) is 0. The van der Waals surface area contributed by atoms with Gasteiger partial charge in [0.05, 0.1) is 0 Å². The van der Waals surface area contributed by atoms with Gasteiger partial charge in [0.15, 0.2) is 0 Å². The van der Waals surface area contributed by atoms with Crippen molar-refractivity contribution in [2.24, 2.45) is 0 Å². The van der Waals surface area contributed by atoms with Crippen LogP contribution in [-0.2, 0) is 12.2 Å². The maximum absolute atomic E-state index is 14.0. The zero-order valence-corrected chi connectivity index (χ0v) is 9.95. The first-order valence-electron chi connectivity index (χ1n) is 5.73. The molecule has 0 amide bonds. The number of benzene rings is 2. The van der Waals surface area contributed by atoms with Gasteiger partial charge in [-0.1, -0.05) is 24.3 Å². The summed E-state index contributed by atoms with van der Waals surface area (Å²) in [5.41, 5.74) is -1.48. The number of para-hydroxylation sites is 2.